The van der Waals surface area contributed by atoms with Crippen molar-refractivity contribution in [2.45, 2.75) is 6.54 Å². The number of nitrogens with two attached hydrogens (primary N) is 1. The van der Waals surface area contributed by atoms with E-state index in [4.69, 9.17) is 5.73 Å². The number of thiophene rings is 1. The fourth-order valence-electron chi connectivity index (χ4n) is 0.595. The van der Waals surface area contributed by atoms with Crippen LogP contribution in [0.3, 0.4) is 0 Å². The molecule has 13 heavy (non-hydrogen) atoms. The molecular formula is C8H10N4S. The van der Waals surface area contributed by atoms with Crippen LogP contribution in [-0.4, -0.2) is 15.0 Å². The van der Waals surface area contributed by atoms with Crippen molar-refractivity contribution in [2.24, 2.45) is 5.73 Å². The lowest BCUT2D eigenvalue weighted by atomic mass is 10.6. The second-order valence-electron chi connectivity index (χ2n) is 2.05. The number of rotatable bonds is 1. The van der Waals surface area contributed by atoms with E-state index >= 15 is 0 Å². The second-order valence-corrected chi connectivity index (χ2v) is 2.87. The van der Waals surface area contributed by atoms with Crippen LogP contribution in [0.1, 0.15) is 5.82 Å². The van der Waals surface area contributed by atoms with Gasteiger partial charge in [-0.1, -0.05) is 12.1 Å². The summed E-state index contributed by atoms with van der Waals surface area (Å²) in [4.78, 5) is 11.1. The molecule has 2 aromatic rings. The van der Waals surface area contributed by atoms with Crippen molar-refractivity contribution in [1.29, 1.82) is 0 Å². The van der Waals surface area contributed by atoms with Gasteiger partial charge in [-0.25, -0.2) is 15.0 Å². The van der Waals surface area contributed by atoms with Gasteiger partial charge in [0.25, 0.3) is 0 Å². The van der Waals surface area contributed by atoms with Crippen LogP contribution in [-0.2, 0) is 6.54 Å². The van der Waals surface area contributed by atoms with Crippen LogP contribution in [0.2, 0.25) is 0 Å². The van der Waals surface area contributed by atoms with E-state index in [1.165, 1.54) is 12.7 Å². The zero-order valence-electron chi connectivity index (χ0n) is 7.00. The van der Waals surface area contributed by atoms with Gasteiger partial charge in [0.1, 0.15) is 18.5 Å². The number of hydrogen-bond donors (Lipinski definition) is 1. The van der Waals surface area contributed by atoms with Crippen LogP contribution in [0.25, 0.3) is 0 Å². The van der Waals surface area contributed by atoms with Crippen molar-refractivity contribution in [1.82, 2.24) is 15.0 Å². The smallest absolute Gasteiger partial charge is 0.145 e. The standard InChI is InChI=1S/C4H6N4.C4H4S/c5-1-4-7-2-6-3-8-4;1-2-4-5-3-1/h2-3H,1,5H2;1-4H. The zero-order valence-corrected chi connectivity index (χ0v) is 7.81. The topological polar surface area (TPSA) is 64.7 Å². The Hall–Kier alpha value is -1.33. The summed E-state index contributed by atoms with van der Waals surface area (Å²) in [6, 6.07) is 4.04. The first-order valence-electron chi connectivity index (χ1n) is 3.71. The van der Waals surface area contributed by atoms with Gasteiger partial charge >= 0.3 is 0 Å². The van der Waals surface area contributed by atoms with E-state index in [1.54, 1.807) is 11.3 Å². The lowest BCUT2D eigenvalue weighted by molar-refractivity contribution is 0.874. The van der Waals surface area contributed by atoms with Crippen LogP contribution in [0, 0.1) is 0 Å². The molecule has 0 unspecified atom stereocenters. The largest absolute Gasteiger partial charge is 0.324 e. The van der Waals surface area contributed by atoms with Crippen LogP contribution in [0.5, 0.6) is 0 Å². The second kappa shape index (κ2) is 6.22. The monoisotopic (exact) mass is 194 g/mol. The summed E-state index contributed by atoms with van der Waals surface area (Å²) in [6.45, 7) is 0.377. The van der Waals surface area contributed by atoms with Gasteiger partial charge < -0.3 is 5.73 Å². The molecule has 0 aromatic carbocycles. The fourth-order valence-corrected chi connectivity index (χ4v) is 1.05. The molecule has 0 aliphatic rings. The molecule has 0 saturated carbocycles. The first kappa shape index (κ1) is 9.76. The van der Waals surface area contributed by atoms with Crippen molar-refractivity contribution in [3.8, 4) is 0 Å². The molecule has 2 N–H and O–H groups in total. The van der Waals surface area contributed by atoms with Gasteiger partial charge in [0.2, 0.25) is 0 Å². The first-order chi connectivity index (χ1) is 6.43. The lowest BCUT2D eigenvalue weighted by Gasteiger charge is -1.87. The third-order valence-electron chi connectivity index (χ3n) is 1.15. The Kier molecular flexibility index (Phi) is 4.66. The molecule has 0 aliphatic heterocycles. The van der Waals surface area contributed by atoms with Gasteiger partial charge in [0, 0.05) is 0 Å². The molecule has 2 aromatic heterocycles. The molecular weight excluding hydrogens is 184 g/mol. The summed E-state index contributed by atoms with van der Waals surface area (Å²) in [6.07, 6.45) is 2.85. The highest BCUT2D eigenvalue weighted by molar-refractivity contribution is 7.07. The van der Waals surface area contributed by atoms with Crippen LogP contribution in [0.15, 0.2) is 35.5 Å². The number of nitrogens with zero attached hydrogens (tertiary/aromatic N) is 3. The van der Waals surface area contributed by atoms with Gasteiger partial charge in [-0.15, -0.1) is 0 Å². The molecule has 2 heterocycles. The fraction of sp³-hybridized carbons (Fsp3) is 0.125. The Labute approximate surface area is 80.5 Å². The van der Waals surface area contributed by atoms with Crippen LogP contribution >= 0.6 is 11.3 Å². The molecule has 0 fully saturated rings. The van der Waals surface area contributed by atoms with E-state index < -0.39 is 0 Å². The maximum atomic E-state index is 5.20. The third-order valence-corrected chi connectivity index (χ3v) is 1.78. The molecule has 2 rings (SSSR count). The van der Waals surface area contributed by atoms with E-state index in [9.17, 15) is 0 Å². The van der Waals surface area contributed by atoms with Crippen molar-refractivity contribution in [2.75, 3.05) is 0 Å². The maximum absolute atomic E-state index is 5.20. The Morgan fingerprint density at radius 1 is 1.15 bits per heavy atom. The predicted molar refractivity (Wildman–Crippen MR) is 52.0 cm³/mol. The molecule has 0 spiro atoms. The zero-order chi connectivity index (χ0) is 9.36. The average molecular weight is 194 g/mol. The minimum Gasteiger partial charge on any atom is -0.324 e. The molecule has 68 valence electrons. The summed E-state index contributed by atoms with van der Waals surface area (Å²) in [7, 11) is 0. The Bertz CT molecular complexity index is 278. The highest BCUT2D eigenvalue weighted by Gasteiger charge is 1.84. The molecule has 0 radical (unpaired) electrons. The van der Waals surface area contributed by atoms with E-state index in [0.29, 0.717) is 12.4 Å². The SMILES string of the molecule is NCc1ncncn1.c1ccsc1. The molecule has 0 bridgehead atoms. The Morgan fingerprint density at radius 3 is 2.08 bits per heavy atom. The molecule has 0 aliphatic carbocycles. The van der Waals surface area contributed by atoms with Crippen molar-refractivity contribution < 1.29 is 0 Å². The van der Waals surface area contributed by atoms with Crippen molar-refractivity contribution in [3.63, 3.8) is 0 Å². The van der Waals surface area contributed by atoms with Gasteiger partial charge in [-0.2, -0.15) is 11.3 Å². The van der Waals surface area contributed by atoms with Gasteiger partial charge in [-0.05, 0) is 10.8 Å². The quantitative estimate of drug-likeness (QED) is 0.737. The van der Waals surface area contributed by atoms with E-state index in [1.807, 2.05) is 22.9 Å². The summed E-state index contributed by atoms with van der Waals surface area (Å²) < 4.78 is 0. The predicted octanol–water partition coefficient (Wildman–Crippen LogP) is 1.08. The molecule has 4 nitrogen and oxygen atoms in total. The highest BCUT2D eigenvalue weighted by Crippen LogP contribution is 1.91. The van der Waals surface area contributed by atoms with E-state index in [0.717, 1.165) is 0 Å². The van der Waals surface area contributed by atoms with Crippen molar-refractivity contribution in [3.05, 3.63) is 41.4 Å². The van der Waals surface area contributed by atoms with Gasteiger partial charge in [0.15, 0.2) is 0 Å². The summed E-state index contributed by atoms with van der Waals surface area (Å²) in [5.74, 6) is 0.625. The lowest BCUT2D eigenvalue weighted by Crippen LogP contribution is -2.01. The van der Waals surface area contributed by atoms with Gasteiger partial charge in [-0.3, -0.25) is 0 Å². The summed E-state index contributed by atoms with van der Waals surface area (Å²) in [5.41, 5.74) is 5.20. The minimum atomic E-state index is 0.377. The van der Waals surface area contributed by atoms with Crippen molar-refractivity contribution >= 4 is 11.3 Å². The molecule has 0 atom stereocenters. The van der Waals surface area contributed by atoms with Gasteiger partial charge in [0.05, 0.1) is 6.54 Å². The average Bonchev–Trinajstić information content (AvgIpc) is 2.77. The van der Waals surface area contributed by atoms with Crippen LogP contribution in [0.4, 0.5) is 0 Å². The first-order valence-corrected chi connectivity index (χ1v) is 4.66. The maximum Gasteiger partial charge on any atom is 0.145 e. The molecule has 5 heteroatoms. The van der Waals surface area contributed by atoms with Crippen LogP contribution < -0.4 is 5.73 Å². The normalized spacial score (nSPS) is 8.69. The molecule has 0 amide bonds. The Morgan fingerprint density at radius 2 is 1.77 bits per heavy atom. The summed E-state index contributed by atoms with van der Waals surface area (Å²) in [5, 5.41) is 4.08. The third kappa shape index (κ3) is 4.29. The number of aromatic nitrogens is 3. The summed E-state index contributed by atoms with van der Waals surface area (Å²) >= 11 is 1.71. The minimum absolute atomic E-state index is 0.377. The van der Waals surface area contributed by atoms with E-state index in [2.05, 4.69) is 15.0 Å². The molecule has 0 saturated heterocycles. The Balaban J connectivity index is 0.000000145. The van der Waals surface area contributed by atoms with E-state index in [-0.39, 0.29) is 0 Å². The highest BCUT2D eigenvalue weighted by atomic mass is 32.1. The number of hydrogen-bond acceptors (Lipinski definition) is 5.